The van der Waals surface area contributed by atoms with Crippen LogP contribution in [0.2, 0.25) is 0 Å². The Morgan fingerprint density at radius 2 is 2.19 bits per heavy atom. The van der Waals surface area contributed by atoms with Gasteiger partial charge in [0, 0.05) is 32.5 Å². The third-order valence-corrected chi connectivity index (χ3v) is 4.50. The van der Waals surface area contributed by atoms with E-state index in [1.807, 2.05) is 0 Å². The summed E-state index contributed by atoms with van der Waals surface area (Å²) in [6.07, 6.45) is 1.77. The van der Waals surface area contributed by atoms with Crippen molar-refractivity contribution in [3.05, 3.63) is 38.7 Å². The first-order valence-corrected chi connectivity index (χ1v) is 9.91. The van der Waals surface area contributed by atoms with Crippen molar-refractivity contribution in [2.24, 2.45) is 0 Å². The number of aromatic nitrogens is 2. The number of nitrogens with zero attached hydrogens (tertiary/aromatic N) is 1. The zero-order valence-electron chi connectivity index (χ0n) is 15.0. The van der Waals surface area contributed by atoms with Crippen molar-refractivity contribution in [1.29, 1.82) is 0 Å². The molecule has 1 aliphatic heterocycles. The number of esters is 1. The van der Waals surface area contributed by atoms with Gasteiger partial charge in [0.05, 0.1) is 25.4 Å². The monoisotopic (exact) mass is 404 g/mol. The highest BCUT2D eigenvalue weighted by molar-refractivity contribution is 7.51. The first kappa shape index (κ1) is 21.3. The normalized spacial score (nSPS) is 24.8. The number of aromatic amines is 1. The molecule has 0 aliphatic carbocycles. The van der Waals surface area contributed by atoms with Crippen LogP contribution in [0.15, 0.2) is 21.9 Å². The van der Waals surface area contributed by atoms with Gasteiger partial charge in [0.15, 0.2) is 0 Å². The first-order chi connectivity index (χ1) is 12.6. The van der Waals surface area contributed by atoms with Crippen LogP contribution in [0, 0.1) is 0 Å². The summed E-state index contributed by atoms with van der Waals surface area (Å²) in [5.74, 6) is -0.658. The second-order valence-corrected chi connectivity index (χ2v) is 7.71. The number of methoxy groups -OCH3 is 2. The smallest absolute Gasteiger partial charge is 0.330 e. The average molecular weight is 404 g/mol. The van der Waals surface area contributed by atoms with Crippen LogP contribution in [0.1, 0.15) is 18.2 Å². The van der Waals surface area contributed by atoms with Crippen LogP contribution in [-0.4, -0.2) is 60.1 Å². The second-order valence-electron chi connectivity index (χ2n) is 5.85. The molecule has 1 aromatic rings. The predicted molar refractivity (Wildman–Crippen MR) is 93.4 cm³/mol. The molecule has 0 spiro atoms. The van der Waals surface area contributed by atoms with Gasteiger partial charge in [-0.15, -0.1) is 0 Å². The van der Waals surface area contributed by atoms with Gasteiger partial charge in [0.25, 0.3) is 5.56 Å². The van der Waals surface area contributed by atoms with E-state index >= 15 is 0 Å². The quantitative estimate of drug-likeness (QED) is 0.360. The summed E-state index contributed by atoms with van der Waals surface area (Å²) in [5.41, 5.74) is -1.34. The zero-order chi connectivity index (χ0) is 20.2. The Kier molecular flexibility index (Phi) is 6.90. The molecule has 1 saturated heterocycles. The minimum absolute atomic E-state index is 0.0469. The van der Waals surface area contributed by atoms with Gasteiger partial charge in [0.1, 0.15) is 12.3 Å². The maximum atomic E-state index is 12.1. The number of hydrogen-bond donors (Lipinski definition) is 2. The molecular formula is C15H21N2O9P. The minimum Gasteiger partial charge on any atom is -0.466 e. The fraction of sp³-hybridized carbons (Fsp3) is 0.533. The van der Waals surface area contributed by atoms with Crippen molar-refractivity contribution in [3.63, 3.8) is 0 Å². The summed E-state index contributed by atoms with van der Waals surface area (Å²) < 4.78 is 32.8. The van der Waals surface area contributed by atoms with E-state index in [2.05, 4.69) is 9.72 Å². The summed E-state index contributed by atoms with van der Waals surface area (Å²) in [6.45, 7) is 0.847. The number of nitrogens with one attached hydrogen (secondary N) is 1. The molecule has 27 heavy (non-hydrogen) atoms. The van der Waals surface area contributed by atoms with Crippen LogP contribution >= 0.6 is 7.60 Å². The van der Waals surface area contributed by atoms with Gasteiger partial charge >= 0.3 is 19.3 Å². The fourth-order valence-electron chi connectivity index (χ4n) is 2.54. The molecule has 2 N–H and O–H groups in total. The number of ether oxygens (including phenoxy) is 3. The van der Waals surface area contributed by atoms with Crippen LogP contribution in [0.25, 0.3) is 6.08 Å². The van der Waals surface area contributed by atoms with Crippen molar-refractivity contribution in [1.82, 2.24) is 9.55 Å². The van der Waals surface area contributed by atoms with Crippen LogP contribution in [-0.2, 0) is 28.1 Å². The number of rotatable bonds is 7. The minimum atomic E-state index is -3.70. The summed E-state index contributed by atoms with van der Waals surface area (Å²) >= 11 is 0. The lowest BCUT2D eigenvalue weighted by molar-refractivity contribution is -0.134. The van der Waals surface area contributed by atoms with Gasteiger partial charge in [-0.25, -0.2) is 9.59 Å². The number of H-pyrrole nitrogens is 1. The molecule has 1 fully saturated rings. The standard InChI is InChI=1S/C15H21N2O9P/c1-23-10-6-12(26-11(10)8-25-27(3,21)22)17-7-9(4-5-13(18)24-2)14(19)16-15(17)20/h4-5,7,10-12H,6,8H2,1-3H3,(H,21,22)(H,16,19,20)/b5-4+/t10?,11-,12-/m1/s1. The highest BCUT2D eigenvalue weighted by Crippen LogP contribution is 2.39. The highest BCUT2D eigenvalue weighted by Gasteiger charge is 2.38. The molecule has 1 aromatic heterocycles. The van der Waals surface area contributed by atoms with Gasteiger partial charge in [-0.05, 0) is 6.08 Å². The third-order valence-electron chi connectivity index (χ3n) is 3.87. The Labute approximate surface area is 154 Å². The van der Waals surface area contributed by atoms with Gasteiger partial charge in [-0.2, -0.15) is 0 Å². The van der Waals surface area contributed by atoms with Gasteiger partial charge < -0.3 is 23.6 Å². The number of hydrogen-bond acceptors (Lipinski definition) is 8. The molecule has 1 aliphatic rings. The molecule has 4 atom stereocenters. The van der Waals surface area contributed by atoms with Crippen molar-refractivity contribution < 1.29 is 33.0 Å². The van der Waals surface area contributed by atoms with E-state index in [4.69, 9.17) is 14.0 Å². The Morgan fingerprint density at radius 3 is 2.78 bits per heavy atom. The highest BCUT2D eigenvalue weighted by atomic mass is 31.2. The Bertz CT molecular complexity index is 869. The van der Waals surface area contributed by atoms with Crippen LogP contribution in [0.5, 0.6) is 0 Å². The third kappa shape index (κ3) is 5.72. The van der Waals surface area contributed by atoms with Crippen LogP contribution < -0.4 is 11.2 Å². The summed E-state index contributed by atoms with van der Waals surface area (Å²) in [5, 5.41) is 0. The molecule has 0 radical (unpaired) electrons. The Hall–Kier alpha value is -2.04. The molecule has 0 saturated carbocycles. The van der Waals surface area contributed by atoms with Crippen molar-refractivity contribution >= 4 is 19.6 Å². The van der Waals surface area contributed by atoms with Crippen molar-refractivity contribution in [2.45, 2.75) is 24.9 Å². The predicted octanol–water partition coefficient (Wildman–Crippen LogP) is -0.143. The molecule has 2 rings (SSSR count). The SMILES string of the molecule is COC(=O)/C=C/c1cn([C@H]2CC(OC)[C@@H](COP(C)(=O)O)O2)c(=O)[nH]c1=O. The van der Waals surface area contributed by atoms with E-state index in [-0.39, 0.29) is 18.6 Å². The molecule has 2 unspecified atom stereocenters. The molecule has 150 valence electrons. The van der Waals surface area contributed by atoms with E-state index in [1.165, 1.54) is 26.5 Å². The van der Waals surface area contributed by atoms with E-state index in [0.29, 0.717) is 0 Å². The lowest BCUT2D eigenvalue weighted by atomic mass is 10.2. The molecule has 0 bridgehead atoms. The molecule has 0 aromatic carbocycles. The van der Waals surface area contributed by atoms with Gasteiger partial charge in [0.2, 0.25) is 0 Å². The fourth-order valence-corrected chi connectivity index (χ4v) is 2.96. The van der Waals surface area contributed by atoms with Crippen molar-refractivity contribution in [2.75, 3.05) is 27.5 Å². The lowest BCUT2D eigenvalue weighted by Gasteiger charge is -2.18. The topological polar surface area (TPSA) is 146 Å². The van der Waals surface area contributed by atoms with Gasteiger partial charge in [-0.3, -0.25) is 18.9 Å². The van der Waals surface area contributed by atoms with Crippen LogP contribution in [0.4, 0.5) is 0 Å². The second kappa shape index (κ2) is 8.77. The zero-order valence-corrected chi connectivity index (χ0v) is 15.9. The molecule has 11 nitrogen and oxygen atoms in total. The van der Waals surface area contributed by atoms with Gasteiger partial charge in [-0.1, -0.05) is 0 Å². The van der Waals surface area contributed by atoms with E-state index < -0.39 is 43.2 Å². The first-order valence-electron chi connectivity index (χ1n) is 7.89. The lowest BCUT2D eigenvalue weighted by Crippen LogP contribution is -2.33. The summed E-state index contributed by atoms with van der Waals surface area (Å²) in [7, 11) is -1.07. The largest absolute Gasteiger partial charge is 0.466 e. The van der Waals surface area contributed by atoms with Crippen molar-refractivity contribution in [3.8, 4) is 0 Å². The maximum absolute atomic E-state index is 12.1. The Balaban J connectivity index is 2.25. The molecular weight excluding hydrogens is 383 g/mol. The van der Waals surface area contributed by atoms with E-state index in [1.54, 1.807) is 0 Å². The number of carbonyl (C=O) groups excluding carboxylic acids is 1. The van der Waals surface area contributed by atoms with E-state index in [0.717, 1.165) is 17.3 Å². The average Bonchev–Trinajstić information content (AvgIpc) is 3.01. The van der Waals surface area contributed by atoms with E-state index in [9.17, 15) is 23.8 Å². The molecule has 2 heterocycles. The number of carbonyl (C=O) groups is 1. The van der Waals surface area contributed by atoms with Crippen LogP contribution in [0.3, 0.4) is 0 Å². The maximum Gasteiger partial charge on any atom is 0.330 e. The molecule has 12 heteroatoms. The Morgan fingerprint density at radius 1 is 1.48 bits per heavy atom. The summed E-state index contributed by atoms with van der Waals surface area (Å²) in [4.78, 5) is 46.6. The molecule has 0 amide bonds. The summed E-state index contributed by atoms with van der Waals surface area (Å²) in [6, 6.07) is 0.